The molecule has 2 fully saturated rings. The largest absolute Gasteiger partial charge is 0.352 e. The van der Waals surface area contributed by atoms with Gasteiger partial charge in [-0.3, -0.25) is 19.4 Å². The van der Waals surface area contributed by atoms with E-state index in [4.69, 9.17) is 0 Å². The van der Waals surface area contributed by atoms with Crippen LogP contribution in [0.4, 0.5) is 10.7 Å². The molecule has 0 radical (unpaired) electrons. The Balaban J connectivity index is 0.00000245. The van der Waals surface area contributed by atoms with Crippen molar-refractivity contribution in [1.82, 2.24) is 10.3 Å². The molecule has 31 heavy (non-hydrogen) atoms. The van der Waals surface area contributed by atoms with Gasteiger partial charge >= 0.3 is 0 Å². The fourth-order valence-electron chi connectivity index (χ4n) is 4.02. The SMILES string of the molecule is O=C(NCC1CC1)c1c(NC(=O)C2CC2)sc2c1CC(C(=O)Nc1ccncc1)CC2.[HH]. The van der Waals surface area contributed by atoms with Crippen LogP contribution in [0.1, 0.15) is 54.3 Å². The Kier molecular flexibility index (Phi) is 5.48. The summed E-state index contributed by atoms with van der Waals surface area (Å²) < 4.78 is 0. The molecule has 1 unspecified atom stereocenters. The van der Waals surface area contributed by atoms with Crippen molar-refractivity contribution in [1.29, 1.82) is 0 Å². The van der Waals surface area contributed by atoms with Gasteiger partial charge in [-0.15, -0.1) is 11.3 Å². The van der Waals surface area contributed by atoms with E-state index in [-0.39, 0.29) is 31.0 Å². The molecule has 164 valence electrons. The lowest BCUT2D eigenvalue weighted by molar-refractivity contribution is -0.120. The van der Waals surface area contributed by atoms with E-state index in [1.54, 1.807) is 24.5 Å². The number of fused-ring (bicyclic) bond motifs is 1. The number of nitrogens with zero attached hydrogens (tertiary/aromatic N) is 1. The van der Waals surface area contributed by atoms with Crippen LogP contribution in [-0.2, 0) is 22.4 Å². The first-order valence-corrected chi connectivity index (χ1v) is 11.8. The van der Waals surface area contributed by atoms with Gasteiger partial charge in [-0.25, -0.2) is 0 Å². The third kappa shape index (κ3) is 4.63. The fourth-order valence-corrected chi connectivity index (χ4v) is 5.27. The highest BCUT2D eigenvalue weighted by Crippen LogP contribution is 2.41. The third-order valence-electron chi connectivity index (χ3n) is 6.24. The van der Waals surface area contributed by atoms with Crippen LogP contribution in [0.3, 0.4) is 0 Å². The number of aromatic nitrogens is 1. The van der Waals surface area contributed by atoms with Gasteiger partial charge in [0.1, 0.15) is 5.00 Å². The van der Waals surface area contributed by atoms with Gasteiger partial charge in [0, 0.05) is 42.8 Å². The first kappa shape index (κ1) is 20.2. The molecule has 8 heteroatoms. The van der Waals surface area contributed by atoms with Gasteiger partial charge in [-0.1, -0.05) is 0 Å². The van der Waals surface area contributed by atoms with Crippen molar-refractivity contribution in [3.05, 3.63) is 40.5 Å². The average Bonchev–Trinajstić information content (AvgIpc) is 3.68. The number of anilines is 2. The molecule has 2 aromatic heterocycles. The molecule has 0 bridgehead atoms. The lowest BCUT2D eigenvalue weighted by atomic mass is 9.85. The van der Waals surface area contributed by atoms with Crippen LogP contribution in [0.2, 0.25) is 0 Å². The molecular formula is C23H28N4O3S. The van der Waals surface area contributed by atoms with Gasteiger partial charge in [-0.2, -0.15) is 0 Å². The second-order valence-electron chi connectivity index (χ2n) is 8.79. The molecule has 1 atom stereocenters. The van der Waals surface area contributed by atoms with Crippen molar-refractivity contribution < 1.29 is 15.8 Å². The summed E-state index contributed by atoms with van der Waals surface area (Å²) in [6.07, 6.45) is 9.40. The van der Waals surface area contributed by atoms with Crippen LogP contribution in [0.15, 0.2) is 24.5 Å². The summed E-state index contributed by atoms with van der Waals surface area (Å²) in [7, 11) is 0. The maximum atomic E-state index is 13.1. The van der Waals surface area contributed by atoms with E-state index in [9.17, 15) is 14.4 Å². The number of rotatable bonds is 7. The molecule has 3 aliphatic carbocycles. The molecule has 0 spiro atoms. The molecule has 3 N–H and O–H groups in total. The second kappa shape index (κ2) is 8.42. The molecule has 0 saturated heterocycles. The molecule has 0 aromatic carbocycles. The number of hydrogen-bond acceptors (Lipinski definition) is 5. The van der Waals surface area contributed by atoms with Crippen LogP contribution in [0.5, 0.6) is 0 Å². The van der Waals surface area contributed by atoms with Gasteiger partial charge in [0.2, 0.25) is 11.8 Å². The van der Waals surface area contributed by atoms with E-state index in [2.05, 4.69) is 20.9 Å². The molecule has 0 aliphatic heterocycles. The molecule has 5 rings (SSSR count). The van der Waals surface area contributed by atoms with E-state index >= 15 is 0 Å². The van der Waals surface area contributed by atoms with Crippen molar-refractivity contribution >= 4 is 39.7 Å². The molecule has 2 saturated carbocycles. The lowest BCUT2D eigenvalue weighted by Crippen LogP contribution is -2.31. The van der Waals surface area contributed by atoms with Crippen molar-refractivity contribution in [2.75, 3.05) is 17.2 Å². The van der Waals surface area contributed by atoms with Crippen LogP contribution in [-0.4, -0.2) is 29.3 Å². The number of carbonyl (C=O) groups excluding carboxylic acids is 3. The van der Waals surface area contributed by atoms with Gasteiger partial charge < -0.3 is 16.0 Å². The Morgan fingerprint density at radius 2 is 1.74 bits per heavy atom. The summed E-state index contributed by atoms with van der Waals surface area (Å²) in [5.41, 5.74) is 2.21. The predicted octanol–water partition coefficient (Wildman–Crippen LogP) is 3.62. The van der Waals surface area contributed by atoms with Gasteiger partial charge in [-0.05, 0) is 68.6 Å². The first-order valence-electron chi connectivity index (χ1n) is 11.0. The highest BCUT2D eigenvalue weighted by atomic mass is 32.1. The summed E-state index contributed by atoms with van der Waals surface area (Å²) in [6.45, 7) is 0.672. The summed E-state index contributed by atoms with van der Waals surface area (Å²) in [4.78, 5) is 43.5. The average molecular weight is 441 g/mol. The maximum Gasteiger partial charge on any atom is 0.254 e. The van der Waals surface area contributed by atoms with E-state index in [1.807, 2.05) is 0 Å². The topological polar surface area (TPSA) is 100 Å². The lowest BCUT2D eigenvalue weighted by Gasteiger charge is -2.22. The van der Waals surface area contributed by atoms with Gasteiger partial charge in [0.05, 0.1) is 5.56 Å². The molecule has 2 heterocycles. The first-order chi connectivity index (χ1) is 15.1. The summed E-state index contributed by atoms with van der Waals surface area (Å²) >= 11 is 1.50. The highest BCUT2D eigenvalue weighted by Gasteiger charge is 2.35. The molecule has 3 amide bonds. The Labute approximate surface area is 186 Å². The number of aryl methyl sites for hydroxylation is 1. The molecule has 2 aromatic rings. The minimum Gasteiger partial charge on any atom is -0.352 e. The van der Waals surface area contributed by atoms with Crippen LogP contribution in [0, 0.1) is 17.8 Å². The predicted molar refractivity (Wildman–Crippen MR) is 121 cm³/mol. The number of carbonyl (C=O) groups is 3. The zero-order chi connectivity index (χ0) is 21.4. The van der Waals surface area contributed by atoms with Gasteiger partial charge in [0.15, 0.2) is 0 Å². The van der Waals surface area contributed by atoms with E-state index in [1.165, 1.54) is 11.3 Å². The van der Waals surface area contributed by atoms with Crippen molar-refractivity contribution in [2.24, 2.45) is 17.8 Å². The van der Waals surface area contributed by atoms with Crippen molar-refractivity contribution in [3.63, 3.8) is 0 Å². The number of thiophene rings is 1. The zero-order valence-electron chi connectivity index (χ0n) is 17.3. The fraction of sp³-hybridized carbons (Fsp3) is 0.478. The summed E-state index contributed by atoms with van der Waals surface area (Å²) in [5, 5.41) is 9.66. The summed E-state index contributed by atoms with van der Waals surface area (Å²) in [6, 6.07) is 3.53. The Morgan fingerprint density at radius 3 is 2.45 bits per heavy atom. The number of hydrogen-bond donors (Lipinski definition) is 3. The number of pyridine rings is 1. The Bertz CT molecular complexity index is 1020. The molecule has 7 nitrogen and oxygen atoms in total. The quantitative estimate of drug-likeness (QED) is 0.612. The Hall–Kier alpha value is -2.74. The van der Waals surface area contributed by atoms with E-state index in [0.29, 0.717) is 29.4 Å². The number of amides is 3. The molecular weight excluding hydrogens is 412 g/mol. The van der Waals surface area contributed by atoms with Crippen molar-refractivity contribution in [2.45, 2.75) is 44.9 Å². The van der Waals surface area contributed by atoms with E-state index < -0.39 is 0 Å². The smallest absolute Gasteiger partial charge is 0.254 e. The highest BCUT2D eigenvalue weighted by molar-refractivity contribution is 7.17. The summed E-state index contributed by atoms with van der Waals surface area (Å²) in [5.74, 6) is 0.253. The third-order valence-corrected chi connectivity index (χ3v) is 7.45. The standard InChI is InChI=1S/C23H26N4O3S.H2/c28-20(14-3-4-14)27-23-19(22(30)25-12-13-1-2-13)17-11-15(5-6-18(17)31-23)21(29)26-16-7-9-24-10-8-16;/h7-10,13-15H,1-6,11-12H2,(H,25,30)(H,27,28)(H,24,26,29);1H. The monoisotopic (exact) mass is 440 g/mol. The van der Waals surface area contributed by atoms with Crippen molar-refractivity contribution in [3.8, 4) is 0 Å². The van der Waals surface area contributed by atoms with Crippen LogP contribution >= 0.6 is 11.3 Å². The Morgan fingerprint density at radius 1 is 1.00 bits per heavy atom. The van der Waals surface area contributed by atoms with Gasteiger partial charge in [0.25, 0.3) is 5.91 Å². The van der Waals surface area contributed by atoms with Crippen LogP contribution < -0.4 is 16.0 Å². The zero-order valence-corrected chi connectivity index (χ0v) is 18.1. The molecule has 3 aliphatic rings. The minimum atomic E-state index is -0.211. The maximum absolute atomic E-state index is 13.1. The van der Waals surface area contributed by atoms with E-state index in [0.717, 1.165) is 54.7 Å². The second-order valence-corrected chi connectivity index (χ2v) is 9.89. The van der Waals surface area contributed by atoms with Crippen LogP contribution in [0.25, 0.3) is 0 Å². The normalized spacial score (nSPS) is 19.9. The minimum absolute atomic E-state index is 0. The number of nitrogens with one attached hydrogen (secondary N) is 3.